The second-order valence-corrected chi connectivity index (χ2v) is 5.38. The Morgan fingerprint density at radius 2 is 1.83 bits per heavy atom. The van der Waals surface area contributed by atoms with Crippen molar-refractivity contribution in [2.45, 2.75) is 32.6 Å². The molecule has 98 valence electrons. The molecule has 0 bridgehead atoms. The SMILES string of the molecule is CCCCCSCCCOc1ccc(C#N)cc1. The average molecular weight is 263 g/mol. The van der Waals surface area contributed by atoms with Crippen molar-refractivity contribution in [1.82, 2.24) is 0 Å². The van der Waals surface area contributed by atoms with E-state index < -0.39 is 0 Å². The number of hydrogen-bond donors (Lipinski definition) is 0. The van der Waals surface area contributed by atoms with Gasteiger partial charge in [0.05, 0.1) is 18.2 Å². The maximum Gasteiger partial charge on any atom is 0.119 e. The zero-order valence-corrected chi connectivity index (χ0v) is 11.8. The number of unbranched alkanes of at least 4 members (excludes halogenated alkanes) is 2. The summed E-state index contributed by atoms with van der Waals surface area (Å²) in [6, 6.07) is 9.38. The average Bonchev–Trinajstić information content (AvgIpc) is 2.42. The summed E-state index contributed by atoms with van der Waals surface area (Å²) in [4.78, 5) is 0. The molecule has 0 heterocycles. The minimum atomic E-state index is 0.675. The molecule has 2 nitrogen and oxygen atoms in total. The summed E-state index contributed by atoms with van der Waals surface area (Å²) in [6.07, 6.45) is 5.05. The standard InChI is InChI=1S/C15H21NOS/c1-2-3-4-11-18-12-5-10-17-15-8-6-14(13-16)7-9-15/h6-9H,2-5,10-12H2,1H3. The monoisotopic (exact) mass is 263 g/mol. The van der Waals surface area contributed by atoms with Crippen molar-refractivity contribution in [3.05, 3.63) is 29.8 Å². The van der Waals surface area contributed by atoms with E-state index in [0.717, 1.165) is 18.8 Å². The van der Waals surface area contributed by atoms with Gasteiger partial charge in [0, 0.05) is 0 Å². The third-order valence-electron chi connectivity index (χ3n) is 2.58. The maximum absolute atomic E-state index is 8.67. The lowest BCUT2D eigenvalue weighted by Gasteiger charge is -2.05. The Kier molecular flexibility index (Phi) is 8.16. The fraction of sp³-hybridized carbons (Fsp3) is 0.533. The maximum atomic E-state index is 8.67. The lowest BCUT2D eigenvalue weighted by molar-refractivity contribution is 0.318. The van der Waals surface area contributed by atoms with Crippen molar-refractivity contribution in [3.8, 4) is 11.8 Å². The van der Waals surface area contributed by atoms with Crippen LogP contribution in [0.4, 0.5) is 0 Å². The molecular formula is C15H21NOS. The molecule has 0 atom stereocenters. The van der Waals surface area contributed by atoms with E-state index in [1.807, 2.05) is 23.9 Å². The van der Waals surface area contributed by atoms with E-state index in [2.05, 4.69) is 13.0 Å². The predicted octanol–water partition coefficient (Wildman–Crippen LogP) is 4.25. The second kappa shape index (κ2) is 9.85. The third kappa shape index (κ3) is 6.56. The van der Waals surface area contributed by atoms with Gasteiger partial charge < -0.3 is 4.74 Å². The molecular weight excluding hydrogens is 242 g/mol. The molecule has 1 aromatic rings. The van der Waals surface area contributed by atoms with Gasteiger partial charge in [-0.15, -0.1) is 0 Å². The molecule has 18 heavy (non-hydrogen) atoms. The molecule has 0 spiro atoms. The lowest BCUT2D eigenvalue weighted by atomic mass is 10.2. The van der Waals surface area contributed by atoms with Crippen molar-refractivity contribution in [1.29, 1.82) is 5.26 Å². The molecule has 0 amide bonds. The van der Waals surface area contributed by atoms with Crippen LogP contribution in [0, 0.1) is 11.3 Å². The van der Waals surface area contributed by atoms with Crippen molar-refractivity contribution < 1.29 is 4.74 Å². The van der Waals surface area contributed by atoms with Crippen LogP contribution in [0.25, 0.3) is 0 Å². The number of nitriles is 1. The van der Waals surface area contributed by atoms with Gasteiger partial charge in [0.1, 0.15) is 5.75 Å². The van der Waals surface area contributed by atoms with Crippen LogP contribution in [-0.2, 0) is 0 Å². The molecule has 1 aromatic carbocycles. The Morgan fingerprint density at radius 1 is 1.11 bits per heavy atom. The quantitative estimate of drug-likeness (QED) is 0.624. The Labute approximate surface area is 114 Å². The van der Waals surface area contributed by atoms with Crippen LogP contribution in [0.5, 0.6) is 5.75 Å². The first-order valence-corrected chi connectivity index (χ1v) is 7.73. The molecule has 1 rings (SSSR count). The molecule has 0 saturated heterocycles. The van der Waals surface area contributed by atoms with Gasteiger partial charge in [-0.05, 0) is 48.6 Å². The molecule has 0 aliphatic heterocycles. The number of benzene rings is 1. The Hall–Kier alpha value is -1.14. The van der Waals surface area contributed by atoms with Crippen molar-refractivity contribution >= 4 is 11.8 Å². The van der Waals surface area contributed by atoms with Gasteiger partial charge in [-0.1, -0.05) is 19.8 Å². The van der Waals surface area contributed by atoms with E-state index in [4.69, 9.17) is 10.00 Å². The first-order chi connectivity index (χ1) is 8.86. The molecule has 0 unspecified atom stereocenters. The largest absolute Gasteiger partial charge is 0.494 e. The summed E-state index contributed by atoms with van der Waals surface area (Å²) in [5, 5.41) is 8.67. The first kappa shape index (κ1) is 14.9. The Bertz CT molecular complexity index is 356. The molecule has 0 fully saturated rings. The second-order valence-electron chi connectivity index (χ2n) is 4.16. The highest BCUT2D eigenvalue weighted by Crippen LogP contribution is 2.13. The van der Waals surface area contributed by atoms with Gasteiger partial charge in [-0.3, -0.25) is 0 Å². The van der Waals surface area contributed by atoms with E-state index in [1.165, 1.54) is 30.8 Å². The van der Waals surface area contributed by atoms with E-state index >= 15 is 0 Å². The Morgan fingerprint density at radius 3 is 2.50 bits per heavy atom. The summed E-state index contributed by atoms with van der Waals surface area (Å²) in [6.45, 7) is 2.99. The minimum Gasteiger partial charge on any atom is -0.494 e. The van der Waals surface area contributed by atoms with Crippen LogP contribution in [0.15, 0.2) is 24.3 Å². The first-order valence-electron chi connectivity index (χ1n) is 6.57. The number of nitrogens with zero attached hydrogens (tertiary/aromatic N) is 1. The van der Waals surface area contributed by atoms with Crippen LogP contribution in [0.2, 0.25) is 0 Å². The third-order valence-corrected chi connectivity index (χ3v) is 3.73. The number of rotatable bonds is 9. The van der Waals surface area contributed by atoms with Gasteiger partial charge in [-0.25, -0.2) is 0 Å². The zero-order valence-electron chi connectivity index (χ0n) is 11.0. The Balaban J connectivity index is 2.02. The fourth-order valence-corrected chi connectivity index (χ4v) is 2.47. The predicted molar refractivity (Wildman–Crippen MR) is 78.1 cm³/mol. The molecule has 0 N–H and O–H groups in total. The van der Waals surface area contributed by atoms with Crippen LogP contribution >= 0.6 is 11.8 Å². The summed E-state index contributed by atoms with van der Waals surface area (Å²) in [5.41, 5.74) is 0.675. The van der Waals surface area contributed by atoms with Gasteiger partial charge in [0.2, 0.25) is 0 Å². The number of hydrogen-bond acceptors (Lipinski definition) is 3. The number of ether oxygens (including phenoxy) is 1. The fourth-order valence-electron chi connectivity index (χ4n) is 1.53. The van der Waals surface area contributed by atoms with E-state index in [9.17, 15) is 0 Å². The zero-order chi connectivity index (χ0) is 13.1. The van der Waals surface area contributed by atoms with Gasteiger partial charge in [0.25, 0.3) is 0 Å². The molecule has 0 aliphatic carbocycles. The van der Waals surface area contributed by atoms with Crippen molar-refractivity contribution in [3.63, 3.8) is 0 Å². The van der Waals surface area contributed by atoms with Gasteiger partial charge in [0.15, 0.2) is 0 Å². The normalized spacial score (nSPS) is 10.0. The number of thioether (sulfide) groups is 1. The van der Waals surface area contributed by atoms with Crippen molar-refractivity contribution in [2.75, 3.05) is 18.1 Å². The van der Waals surface area contributed by atoms with E-state index in [1.54, 1.807) is 12.1 Å². The lowest BCUT2D eigenvalue weighted by Crippen LogP contribution is -1.99. The highest BCUT2D eigenvalue weighted by molar-refractivity contribution is 7.99. The van der Waals surface area contributed by atoms with E-state index in [-0.39, 0.29) is 0 Å². The highest BCUT2D eigenvalue weighted by Gasteiger charge is 1.95. The smallest absolute Gasteiger partial charge is 0.119 e. The van der Waals surface area contributed by atoms with Crippen LogP contribution in [-0.4, -0.2) is 18.1 Å². The summed E-state index contributed by atoms with van der Waals surface area (Å²) >= 11 is 2.01. The van der Waals surface area contributed by atoms with Crippen LogP contribution in [0.1, 0.15) is 38.2 Å². The molecule has 3 heteroatoms. The molecule has 0 radical (unpaired) electrons. The molecule has 0 aromatic heterocycles. The summed E-state index contributed by atoms with van der Waals surface area (Å²) in [5.74, 6) is 3.29. The summed E-state index contributed by atoms with van der Waals surface area (Å²) < 4.78 is 5.61. The van der Waals surface area contributed by atoms with Crippen LogP contribution < -0.4 is 4.74 Å². The highest BCUT2D eigenvalue weighted by atomic mass is 32.2. The molecule has 0 saturated carbocycles. The minimum absolute atomic E-state index is 0.675. The topological polar surface area (TPSA) is 33.0 Å². The molecule has 0 aliphatic rings. The van der Waals surface area contributed by atoms with Gasteiger partial charge in [-0.2, -0.15) is 17.0 Å². The van der Waals surface area contributed by atoms with Gasteiger partial charge >= 0.3 is 0 Å². The van der Waals surface area contributed by atoms with E-state index in [0.29, 0.717) is 5.56 Å². The van der Waals surface area contributed by atoms with Crippen molar-refractivity contribution in [2.24, 2.45) is 0 Å². The van der Waals surface area contributed by atoms with Crippen LogP contribution in [0.3, 0.4) is 0 Å². The summed E-state index contributed by atoms with van der Waals surface area (Å²) in [7, 11) is 0.